The summed E-state index contributed by atoms with van der Waals surface area (Å²) in [6.45, 7) is 1.94. The Labute approximate surface area is 85.1 Å². The Hall–Kier alpha value is -1.10. The Morgan fingerprint density at radius 3 is 2.86 bits per heavy atom. The minimum atomic E-state index is -1.11. The predicted octanol–water partition coefficient (Wildman–Crippen LogP) is 1.89. The number of nitrogen functional groups attached to an aromatic ring is 1. The van der Waals surface area contributed by atoms with Gasteiger partial charge in [0.1, 0.15) is 16.8 Å². The molecule has 1 rings (SSSR count). The molecular formula is C9H13FN2OS. The highest BCUT2D eigenvalue weighted by molar-refractivity contribution is 7.86. The van der Waals surface area contributed by atoms with E-state index in [-0.39, 0.29) is 5.69 Å². The van der Waals surface area contributed by atoms with E-state index < -0.39 is 16.8 Å². The van der Waals surface area contributed by atoms with Crippen LogP contribution in [-0.4, -0.2) is 9.96 Å². The summed E-state index contributed by atoms with van der Waals surface area (Å²) in [7, 11) is -1.11. The van der Waals surface area contributed by atoms with Gasteiger partial charge >= 0.3 is 0 Å². The smallest absolute Gasteiger partial charge is 0.146 e. The van der Waals surface area contributed by atoms with Crippen molar-refractivity contribution in [2.75, 3.05) is 16.2 Å². The third-order valence-electron chi connectivity index (χ3n) is 1.62. The summed E-state index contributed by atoms with van der Waals surface area (Å²) >= 11 is 0. The molecule has 0 amide bonds. The van der Waals surface area contributed by atoms with Crippen molar-refractivity contribution in [2.24, 2.45) is 0 Å². The van der Waals surface area contributed by atoms with Crippen molar-refractivity contribution in [1.82, 2.24) is 0 Å². The standard InChI is InChI=1S/C9H13FN2OS/c1-2-5-14(13)12-7-3-4-8(10)9(11)6-7/h3-4,6,12H,2,5,11H2,1H3. The SMILES string of the molecule is CCCS(=O)Nc1ccc(F)c(N)c1. The van der Waals surface area contributed by atoms with Crippen molar-refractivity contribution in [3.63, 3.8) is 0 Å². The van der Waals surface area contributed by atoms with Crippen LogP contribution < -0.4 is 10.5 Å². The third-order valence-corrected chi connectivity index (χ3v) is 2.86. The van der Waals surface area contributed by atoms with E-state index in [9.17, 15) is 8.60 Å². The molecule has 0 radical (unpaired) electrons. The normalized spacial score (nSPS) is 12.4. The second kappa shape index (κ2) is 4.95. The molecular weight excluding hydrogens is 203 g/mol. The summed E-state index contributed by atoms with van der Waals surface area (Å²) < 4.78 is 26.8. The maximum absolute atomic E-state index is 12.8. The molecule has 0 spiro atoms. The molecule has 1 unspecified atom stereocenters. The van der Waals surface area contributed by atoms with Crippen LogP contribution in [0.25, 0.3) is 0 Å². The summed E-state index contributed by atoms with van der Waals surface area (Å²) in [6.07, 6.45) is 0.830. The molecule has 14 heavy (non-hydrogen) atoms. The molecule has 0 aliphatic carbocycles. The molecule has 1 aromatic carbocycles. The van der Waals surface area contributed by atoms with Gasteiger partial charge in [-0.1, -0.05) is 6.92 Å². The van der Waals surface area contributed by atoms with Crippen LogP contribution in [0.1, 0.15) is 13.3 Å². The average molecular weight is 216 g/mol. The van der Waals surface area contributed by atoms with Gasteiger partial charge in [0.05, 0.1) is 5.69 Å². The molecule has 1 aromatic rings. The van der Waals surface area contributed by atoms with Gasteiger partial charge in [-0.3, -0.25) is 0 Å². The van der Waals surface area contributed by atoms with Gasteiger partial charge in [0.25, 0.3) is 0 Å². The molecule has 0 fully saturated rings. The highest BCUT2D eigenvalue weighted by Gasteiger charge is 2.01. The van der Waals surface area contributed by atoms with Crippen molar-refractivity contribution >= 4 is 22.4 Å². The van der Waals surface area contributed by atoms with Gasteiger partial charge in [-0.15, -0.1) is 0 Å². The summed E-state index contributed by atoms with van der Waals surface area (Å²) in [5, 5.41) is 0. The van der Waals surface area contributed by atoms with Gasteiger partial charge in [0.15, 0.2) is 0 Å². The topological polar surface area (TPSA) is 55.1 Å². The number of halogens is 1. The predicted molar refractivity (Wildman–Crippen MR) is 57.7 cm³/mol. The van der Waals surface area contributed by atoms with Gasteiger partial charge in [-0.05, 0) is 24.6 Å². The van der Waals surface area contributed by atoms with Crippen LogP contribution in [0.4, 0.5) is 15.8 Å². The Balaban J connectivity index is 2.68. The third kappa shape index (κ3) is 2.99. The zero-order chi connectivity index (χ0) is 10.6. The molecule has 0 saturated heterocycles. The van der Waals surface area contributed by atoms with E-state index in [0.717, 1.165) is 6.42 Å². The first-order valence-electron chi connectivity index (χ1n) is 4.33. The summed E-state index contributed by atoms with van der Waals surface area (Å²) in [5.74, 6) is 0.105. The summed E-state index contributed by atoms with van der Waals surface area (Å²) in [5.41, 5.74) is 5.99. The average Bonchev–Trinajstić information content (AvgIpc) is 2.12. The zero-order valence-corrected chi connectivity index (χ0v) is 8.73. The molecule has 78 valence electrons. The van der Waals surface area contributed by atoms with Crippen molar-refractivity contribution in [3.8, 4) is 0 Å². The van der Waals surface area contributed by atoms with Crippen molar-refractivity contribution < 1.29 is 8.60 Å². The van der Waals surface area contributed by atoms with Crippen LogP contribution in [0, 0.1) is 5.82 Å². The molecule has 0 bridgehead atoms. The van der Waals surface area contributed by atoms with E-state index in [1.54, 1.807) is 0 Å². The number of anilines is 2. The van der Waals surface area contributed by atoms with Crippen LogP contribution in [0.2, 0.25) is 0 Å². The summed E-state index contributed by atoms with van der Waals surface area (Å²) in [4.78, 5) is 0. The fraction of sp³-hybridized carbons (Fsp3) is 0.333. The monoisotopic (exact) mass is 216 g/mol. The lowest BCUT2D eigenvalue weighted by atomic mass is 10.3. The van der Waals surface area contributed by atoms with Gasteiger partial charge < -0.3 is 10.5 Å². The minimum Gasteiger partial charge on any atom is -0.396 e. The number of hydrogen-bond donors (Lipinski definition) is 2. The van der Waals surface area contributed by atoms with Gasteiger partial charge in [0.2, 0.25) is 0 Å². The number of rotatable bonds is 4. The Kier molecular flexibility index (Phi) is 3.88. The van der Waals surface area contributed by atoms with Crippen LogP contribution in [0.15, 0.2) is 18.2 Å². The van der Waals surface area contributed by atoms with Crippen LogP contribution in [-0.2, 0) is 11.0 Å². The lowest BCUT2D eigenvalue weighted by molar-refractivity contribution is 0.632. The van der Waals surface area contributed by atoms with Crippen LogP contribution >= 0.6 is 0 Å². The molecule has 5 heteroatoms. The van der Waals surface area contributed by atoms with Crippen molar-refractivity contribution in [3.05, 3.63) is 24.0 Å². The molecule has 0 aromatic heterocycles. The fourth-order valence-corrected chi connectivity index (χ4v) is 1.84. The van der Waals surface area contributed by atoms with Gasteiger partial charge in [-0.2, -0.15) is 0 Å². The van der Waals surface area contributed by atoms with E-state index >= 15 is 0 Å². The van der Waals surface area contributed by atoms with Crippen molar-refractivity contribution in [1.29, 1.82) is 0 Å². The first-order chi connectivity index (χ1) is 6.63. The number of hydrogen-bond acceptors (Lipinski definition) is 2. The quantitative estimate of drug-likeness (QED) is 0.755. The highest BCUT2D eigenvalue weighted by Crippen LogP contribution is 2.16. The molecule has 0 aliphatic heterocycles. The first-order valence-corrected chi connectivity index (χ1v) is 5.65. The number of benzene rings is 1. The molecule has 0 saturated carbocycles. The maximum Gasteiger partial charge on any atom is 0.146 e. The number of nitrogens with one attached hydrogen (secondary N) is 1. The molecule has 0 heterocycles. The van der Waals surface area contributed by atoms with E-state index in [1.807, 2.05) is 6.92 Å². The molecule has 3 N–H and O–H groups in total. The Morgan fingerprint density at radius 1 is 1.57 bits per heavy atom. The van der Waals surface area contributed by atoms with E-state index in [4.69, 9.17) is 5.73 Å². The lowest BCUT2D eigenvalue weighted by Gasteiger charge is -2.05. The van der Waals surface area contributed by atoms with E-state index in [0.29, 0.717) is 11.4 Å². The Morgan fingerprint density at radius 2 is 2.29 bits per heavy atom. The fourth-order valence-electron chi connectivity index (χ4n) is 0.975. The Bertz CT molecular complexity index is 344. The van der Waals surface area contributed by atoms with Gasteiger partial charge in [0, 0.05) is 11.4 Å². The molecule has 0 aliphatic rings. The van der Waals surface area contributed by atoms with E-state index in [1.165, 1.54) is 18.2 Å². The number of nitrogens with two attached hydrogens (primary N) is 1. The minimum absolute atomic E-state index is 0.0588. The largest absolute Gasteiger partial charge is 0.396 e. The van der Waals surface area contributed by atoms with Gasteiger partial charge in [-0.25, -0.2) is 8.60 Å². The molecule has 3 nitrogen and oxygen atoms in total. The second-order valence-electron chi connectivity index (χ2n) is 2.89. The second-order valence-corrected chi connectivity index (χ2v) is 4.19. The lowest BCUT2D eigenvalue weighted by Crippen LogP contribution is -2.08. The summed E-state index contributed by atoms with van der Waals surface area (Å²) in [6, 6.07) is 4.20. The van der Waals surface area contributed by atoms with E-state index in [2.05, 4.69) is 4.72 Å². The zero-order valence-electron chi connectivity index (χ0n) is 7.92. The van der Waals surface area contributed by atoms with Crippen LogP contribution in [0.5, 0.6) is 0 Å². The highest BCUT2D eigenvalue weighted by atomic mass is 32.2. The molecule has 1 atom stereocenters. The first kappa shape index (κ1) is 11.0. The van der Waals surface area contributed by atoms with Crippen LogP contribution in [0.3, 0.4) is 0 Å². The van der Waals surface area contributed by atoms with Crippen molar-refractivity contribution in [2.45, 2.75) is 13.3 Å². The maximum atomic E-state index is 12.8.